The van der Waals surface area contributed by atoms with E-state index in [0.29, 0.717) is 12.4 Å². The van der Waals surface area contributed by atoms with Crippen LogP contribution in [0.4, 0.5) is 17.2 Å². The minimum atomic E-state index is -0.112. The first kappa shape index (κ1) is 16.7. The van der Waals surface area contributed by atoms with Crippen molar-refractivity contribution in [3.05, 3.63) is 72.7 Å². The highest BCUT2D eigenvalue weighted by atomic mass is 16.1. The Morgan fingerprint density at radius 2 is 1.85 bits per heavy atom. The smallest absolute Gasteiger partial charge is 0.221 e. The summed E-state index contributed by atoms with van der Waals surface area (Å²) in [7, 11) is 0. The van der Waals surface area contributed by atoms with Crippen LogP contribution in [0.2, 0.25) is 0 Å². The minimum absolute atomic E-state index is 0.112. The third kappa shape index (κ3) is 3.77. The Morgan fingerprint density at radius 3 is 2.67 bits per heavy atom. The van der Waals surface area contributed by atoms with Gasteiger partial charge in [0.1, 0.15) is 12.1 Å². The number of rotatable bonds is 5. The van der Waals surface area contributed by atoms with E-state index in [1.54, 1.807) is 6.20 Å². The second kappa shape index (κ2) is 7.25. The minimum Gasteiger partial charge on any atom is -0.339 e. The molecule has 4 rings (SSSR count). The highest BCUT2D eigenvalue weighted by Gasteiger charge is 2.10. The van der Waals surface area contributed by atoms with Crippen molar-refractivity contribution in [2.75, 3.05) is 10.6 Å². The Bertz CT molecular complexity index is 1090. The van der Waals surface area contributed by atoms with Gasteiger partial charge in [0.2, 0.25) is 5.91 Å². The van der Waals surface area contributed by atoms with Crippen LogP contribution in [0.3, 0.4) is 0 Å². The summed E-state index contributed by atoms with van der Waals surface area (Å²) in [6.45, 7) is 2.12. The molecular weight excluding hydrogens is 340 g/mol. The topological polar surface area (TPSA) is 84.7 Å². The molecule has 0 bridgehead atoms. The van der Waals surface area contributed by atoms with E-state index >= 15 is 0 Å². The molecule has 0 saturated carbocycles. The molecule has 134 valence electrons. The van der Waals surface area contributed by atoms with Crippen molar-refractivity contribution < 1.29 is 4.79 Å². The summed E-state index contributed by atoms with van der Waals surface area (Å²) in [5.74, 6) is 0.554. The molecule has 2 aromatic carbocycles. The van der Waals surface area contributed by atoms with Gasteiger partial charge in [-0.2, -0.15) is 5.10 Å². The van der Waals surface area contributed by atoms with Crippen LogP contribution in [-0.2, 0) is 11.3 Å². The number of carbonyl (C=O) groups excluding carboxylic acids is 1. The first-order chi connectivity index (χ1) is 13.2. The van der Waals surface area contributed by atoms with E-state index < -0.39 is 0 Å². The Kier molecular flexibility index (Phi) is 4.49. The molecular formula is C20H18N6O. The zero-order chi connectivity index (χ0) is 18.6. The predicted molar refractivity (Wildman–Crippen MR) is 105 cm³/mol. The molecule has 0 aliphatic carbocycles. The third-order valence-corrected chi connectivity index (χ3v) is 4.05. The maximum atomic E-state index is 11.2. The number of hydrogen-bond donors (Lipinski definition) is 2. The molecule has 0 radical (unpaired) electrons. The molecule has 0 saturated heterocycles. The molecule has 0 spiro atoms. The highest BCUT2D eigenvalue weighted by molar-refractivity contribution is 5.91. The molecule has 1 amide bonds. The second-order valence-electron chi connectivity index (χ2n) is 6.13. The molecule has 27 heavy (non-hydrogen) atoms. The molecule has 0 aliphatic heterocycles. The van der Waals surface area contributed by atoms with Gasteiger partial charge in [0.15, 0.2) is 5.65 Å². The van der Waals surface area contributed by atoms with Crippen LogP contribution in [0.5, 0.6) is 0 Å². The van der Waals surface area contributed by atoms with Gasteiger partial charge in [-0.15, -0.1) is 0 Å². The summed E-state index contributed by atoms with van der Waals surface area (Å²) in [5.41, 5.74) is 3.45. The van der Waals surface area contributed by atoms with E-state index in [-0.39, 0.29) is 5.91 Å². The van der Waals surface area contributed by atoms with Crippen LogP contribution in [0.1, 0.15) is 12.5 Å². The zero-order valence-corrected chi connectivity index (χ0v) is 14.8. The van der Waals surface area contributed by atoms with E-state index in [2.05, 4.69) is 37.8 Å². The normalized spacial score (nSPS) is 10.7. The van der Waals surface area contributed by atoms with Crippen LogP contribution in [0, 0.1) is 0 Å². The van der Waals surface area contributed by atoms with Gasteiger partial charge in [-0.1, -0.05) is 36.4 Å². The van der Waals surface area contributed by atoms with E-state index in [1.165, 1.54) is 13.3 Å². The van der Waals surface area contributed by atoms with Crippen LogP contribution in [-0.4, -0.2) is 25.7 Å². The molecule has 2 N–H and O–H groups in total. The van der Waals surface area contributed by atoms with Crippen molar-refractivity contribution in [3.63, 3.8) is 0 Å². The number of amides is 1. The number of benzene rings is 2. The number of nitrogens with zero attached hydrogens (tertiary/aromatic N) is 4. The fraction of sp³-hybridized carbons (Fsp3) is 0.100. The maximum Gasteiger partial charge on any atom is 0.221 e. The number of nitrogens with one attached hydrogen (secondary N) is 2. The van der Waals surface area contributed by atoms with Crippen LogP contribution >= 0.6 is 0 Å². The average molecular weight is 358 g/mol. The van der Waals surface area contributed by atoms with Crippen molar-refractivity contribution in [2.24, 2.45) is 0 Å². The lowest BCUT2D eigenvalue weighted by atomic mass is 10.2. The van der Waals surface area contributed by atoms with Gasteiger partial charge in [-0.3, -0.25) is 4.79 Å². The van der Waals surface area contributed by atoms with Gasteiger partial charge in [0, 0.05) is 18.3 Å². The van der Waals surface area contributed by atoms with Gasteiger partial charge in [-0.05, 0) is 23.8 Å². The van der Waals surface area contributed by atoms with E-state index in [9.17, 15) is 4.79 Å². The second-order valence-corrected chi connectivity index (χ2v) is 6.13. The first-order valence-electron chi connectivity index (χ1n) is 8.54. The molecule has 7 nitrogen and oxygen atoms in total. The van der Waals surface area contributed by atoms with E-state index in [0.717, 1.165) is 28.0 Å². The predicted octanol–water partition coefficient (Wildman–Crippen LogP) is 3.58. The van der Waals surface area contributed by atoms with E-state index in [1.807, 2.05) is 47.1 Å². The maximum absolute atomic E-state index is 11.2. The number of anilines is 3. The Balaban J connectivity index is 1.63. The van der Waals surface area contributed by atoms with Crippen LogP contribution in [0.15, 0.2) is 67.1 Å². The van der Waals surface area contributed by atoms with Crippen molar-refractivity contribution in [2.45, 2.75) is 13.5 Å². The molecule has 2 heterocycles. The zero-order valence-electron chi connectivity index (χ0n) is 14.8. The standard InChI is InChI=1S/C20H18N6O/c1-14(27)24-16-8-5-9-17(10-16)25-19-18-11-23-26(20(18)22-13-21-19)12-15-6-3-2-4-7-15/h2-11,13H,12H2,1H3,(H,24,27)(H,21,22,25). The summed E-state index contributed by atoms with van der Waals surface area (Å²) in [6.07, 6.45) is 3.28. The summed E-state index contributed by atoms with van der Waals surface area (Å²) in [6, 6.07) is 17.6. The Labute approximate surface area is 156 Å². The summed E-state index contributed by atoms with van der Waals surface area (Å²) >= 11 is 0. The van der Waals surface area contributed by atoms with Crippen molar-refractivity contribution in [1.29, 1.82) is 0 Å². The molecule has 0 fully saturated rings. The van der Waals surface area contributed by atoms with Crippen LogP contribution in [0.25, 0.3) is 11.0 Å². The number of carbonyl (C=O) groups is 1. The monoisotopic (exact) mass is 358 g/mol. The quantitative estimate of drug-likeness (QED) is 0.570. The number of hydrogen-bond acceptors (Lipinski definition) is 5. The van der Waals surface area contributed by atoms with Gasteiger partial charge in [0.25, 0.3) is 0 Å². The van der Waals surface area contributed by atoms with Gasteiger partial charge in [-0.25, -0.2) is 14.6 Å². The Hall–Kier alpha value is -3.74. The average Bonchev–Trinajstić information content (AvgIpc) is 3.06. The lowest BCUT2D eigenvalue weighted by molar-refractivity contribution is -0.114. The molecule has 0 unspecified atom stereocenters. The number of aromatic nitrogens is 4. The van der Waals surface area contributed by atoms with Crippen molar-refractivity contribution >= 4 is 34.1 Å². The van der Waals surface area contributed by atoms with E-state index in [4.69, 9.17) is 0 Å². The first-order valence-corrected chi connectivity index (χ1v) is 8.54. The molecule has 2 aromatic heterocycles. The summed E-state index contributed by atoms with van der Waals surface area (Å²) in [5, 5.41) is 11.4. The highest BCUT2D eigenvalue weighted by Crippen LogP contribution is 2.24. The van der Waals surface area contributed by atoms with Gasteiger partial charge >= 0.3 is 0 Å². The molecule has 7 heteroatoms. The lowest BCUT2D eigenvalue weighted by Crippen LogP contribution is -2.06. The molecule has 0 atom stereocenters. The molecule has 4 aromatic rings. The number of fused-ring (bicyclic) bond motifs is 1. The summed E-state index contributed by atoms with van der Waals surface area (Å²) < 4.78 is 1.85. The fourth-order valence-electron chi connectivity index (χ4n) is 2.88. The van der Waals surface area contributed by atoms with Gasteiger partial charge < -0.3 is 10.6 Å². The van der Waals surface area contributed by atoms with Crippen LogP contribution < -0.4 is 10.6 Å². The Morgan fingerprint density at radius 1 is 1.04 bits per heavy atom. The van der Waals surface area contributed by atoms with Gasteiger partial charge in [0.05, 0.1) is 18.1 Å². The third-order valence-electron chi connectivity index (χ3n) is 4.05. The van der Waals surface area contributed by atoms with Crippen molar-refractivity contribution in [1.82, 2.24) is 19.7 Å². The molecule has 0 aliphatic rings. The SMILES string of the molecule is CC(=O)Nc1cccc(Nc2ncnc3c2cnn3Cc2ccccc2)c1. The lowest BCUT2D eigenvalue weighted by Gasteiger charge is -2.09. The van der Waals surface area contributed by atoms with Crippen molar-refractivity contribution in [3.8, 4) is 0 Å². The fourth-order valence-corrected chi connectivity index (χ4v) is 2.88. The summed E-state index contributed by atoms with van der Waals surface area (Å²) in [4.78, 5) is 20.0. The largest absolute Gasteiger partial charge is 0.339 e.